The summed E-state index contributed by atoms with van der Waals surface area (Å²) < 4.78 is 5.45. The quantitative estimate of drug-likeness (QED) is 0.139. The molecule has 1 N–H and O–H groups in total. The first-order valence-corrected chi connectivity index (χ1v) is 11.5. The molecule has 27 heavy (non-hydrogen) atoms. The molecule has 0 spiro atoms. The summed E-state index contributed by atoms with van der Waals surface area (Å²) in [5, 5.41) is 8.75. The molecule has 0 aromatic rings. The summed E-state index contributed by atoms with van der Waals surface area (Å²) in [4.78, 5) is 22.4. The van der Waals surface area contributed by atoms with E-state index >= 15 is 0 Å². The van der Waals surface area contributed by atoms with Crippen LogP contribution in [-0.4, -0.2) is 23.1 Å². The fourth-order valence-corrected chi connectivity index (χ4v) is 3.45. The van der Waals surface area contributed by atoms with Crippen molar-refractivity contribution in [3.05, 3.63) is 0 Å². The normalized spacial score (nSPS) is 12.1. The van der Waals surface area contributed by atoms with Crippen LogP contribution in [0.15, 0.2) is 0 Å². The van der Waals surface area contributed by atoms with E-state index in [1.54, 1.807) is 0 Å². The monoisotopic (exact) mass is 384 g/mol. The molecule has 1 unspecified atom stereocenters. The zero-order chi connectivity index (χ0) is 20.2. The van der Waals surface area contributed by atoms with Crippen LogP contribution in [0.2, 0.25) is 0 Å². The number of aliphatic carboxylic acids is 1. The second-order valence-corrected chi connectivity index (χ2v) is 7.86. The molecule has 0 aliphatic heterocycles. The van der Waals surface area contributed by atoms with Crippen molar-refractivity contribution in [2.75, 3.05) is 0 Å². The van der Waals surface area contributed by atoms with E-state index in [0.29, 0.717) is 0 Å². The van der Waals surface area contributed by atoms with Crippen LogP contribution in [0.25, 0.3) is 0 Å². The number of carbonyl (C=O) groups is 2. The number of carboxylic acids is 1. The summed E-state index contributed by atoms with van der Waals surface area (Å²) in [5.74, 6) is -1.70. The maximum Gasteiger partial charge on any atom is 0.317 e. The Morgan fingerprint density at radius 1 is 0.667 bits per heavy atom. The number of esters is 1. The van der Waals surface area contributed by atoms with E-state index in [9.17, 15) is 9.59 Å². The smallest absolute Gasteiger partial charge is 0.317 e. The summed E-state index contributed by atoms with van der Waals surface area (Å²) in [6.45, 7) is 4.46. The fraction of sp³-hybridized carbons (Fsp3) is 0.913. The molecule has 4 heteroatoms. The zero-order valence-electron chi connectivity index (χ0n) is 18.0. The first-order valence-electron chi connectivity index (χ1n) is 11.5. The SMILES string of the molecule is CCCCCCCCCCC(CCCCCCCCC)OC(=O)CC(=O)O. The zero-order valence-corrected chi connectivity index (χ0v) is 18.0. The predicted molar refractivity (Wildman–Crippen MR) is 112 cm³/mol. The molecule has 0 rings (SSSR count). The van der Waals surface area contributed by atoms with Gasteiger partial charge in [0.05, 0.1) is 0 Å². The van der Waals surface area contributed by atoms with Crippen molar-refractivity contribution in [2.45, 2.75) is 136 Å². The third-order valence-electron chi connectivity index (χ3n) is 5.10. The van der Waals surface area contributed by atoms with Crippen molar-refractivity contribution in [3.63, 3.8) is 0 Å². The standard InChI is InChI=1S/C23H44O4/c1-3-5-7-9-11-13-15-17-19-21(27-23(26)20-22(24)25)18-16-14-12-10-8-6-4-2/h21H,3-20H2,1-2H3,(H,24,25). The molecule has 0 amide bonds. The van der Waals surface area contributed by atoms with Crippen LogP contribution >= 0.6 is 0 Å². The Kier molecular flexibility index (Phi) is 18.9. The van der Waals surface area contributed by atoms with Crippen LogP contribution in [-0.2, 0) is 14.3 Å². The summed E-state index contributed by atoms with van der Waals surface area (Å²) in [7, 11) is 0. The van der Waals surface area contributed by atoms with Gasteiger partial charge in [0.25, 0.3) is 0 Å². The first kappa shape index (κ1) is 25.9. The van der Waals surface area contributed by atoms with Gasteiger partial charge in [0.2, 0.25) is 0 Å². The second kappa shape index (κ2) is 19.7. The molecule has 0 bridgehead atoms. The van der Waals surface area contributed by atoms with Gasteiger partial charge in [0.1, 0.15) is 12.5 Å². The Bertz CT molecular complexity index is 354. The van der Waals surface area contributed by atoms with Crippen LogP contribution in [0.3, 0.4) is 0 Å². The summed E-state index contributed by atoms with van der Waals surface area (Å²) in [6.07, 6.45) is 19.8. The van der Waals surface area contributed by atoms with Gasteiger partial charge in [-0.3, -0.25) is 9.59 Å². The van der Waals surface area contributed by atoms with E-state index in [4.69, 9.17) is 9.84 Å². The molecule has 0 aliphatic rings. The average Bonchev–Trinajstić information content (AvgIpc) is 2.62. The molecular formula is C23H44O4. The van der Waals surface area contributed by atoms with Crippen molar-refractivity contribution in [1.29, 1.82) is 0 Å². The van der Waals surface area contributed by atoms with E-state index in [0.717, 1.165) is 25.7 Å². The van der Waals surface area contributed by atoms with Crippen LogP contribution in [0.5, 0.6) is 0 Å². The highest BCUT2D eigenvalue weighted by Gasteiger charge is 2.16. The topological polar surface area (TPSA) is 63.6 Å². The molecule has 160 valence electrons. The highest BCUT2D eigenvalue weighted by molar-refractivity contribution is 5.90. The van der Waals surface area contributed by atoms with E-state index in [2.05, 4.69) is 13.8 Å². The highest BCUT2D eigenvalue weighted by atomic mass is 16.5. The Morgan fingerprint density at radius 2 is 1.04 bits per heavy atom. The molecule has 0 heterocycles. The lowest BCUT2D eigenvalue weighted by Crippen LogP contribution is -2.20. The minimum atomic E-state index is -1.11. The van der Waals surface area contributed by atoms with E-state index < -0.39 is 18.4 Å². The van der Waals surface area contributed by atoms with Crippen LogP contribution in [0, 0.1) is 0 Å². The molecular weight excluding hydrogens is 340 g/mol. The Morgan fingerprint density at radius 3 is 1.41 bits per heavy atom. The minimum Gasteiger partial charge on any atom is -0.481 e. The van der Waals surface area contributed by atoms with Gasteiger partial charge in [-0.2, -0.15) is 0 Å². The lowest BCUT2D eigenvalue weighted by atomic mass is 10.0. The van der Waals surface area contributed by atoms with Gasteiger partial charge in [-0.25, -0.2) is 0 Å². The number of rotatable bonds is 20. The van der Waals surface area contributed by atoms with Gasteiger partial charge < -0.3 is 9.84 Å². The molecule has 0 aromatic carbocycles. The van der Waals surface area contributed by atoms with Crippen molar-refractivity contribution in [1.82, 2.24) is 0 Å². The van der Waals surface area contributed by atoms with E-state index in [-0.39, 0.29) is 6.10 Å². The lowest BCUT2D eigenvalue weighted by molar-refractivity contribution is -0.155. The number of carboxylic acid groups (broad SMARTS) is 1. The first-order chi connectivity index (χ1) is 13.1. The number of hydrogen-bond acceptors (Lipinski definition) is 3. The Hall–Kier alpha value is -1.06. The van der Waals surface area contributed by atoms with Gasteiger partial charge in [0, 0.05) is 0 Å². The molecule has 0 saturated carbocycles. The number of carbonyl (C=O) groups excluding carboxylic acids is 1. The van der Waals surface area contributed by atoms with Gasteiger partial charge in [-0.1, -0.05) is 97.3 Å². The Labute approximate surface area is 167 Å². The molecule has 0 aromatic heterocycles. The molecule has 1 atom stereocenters. The molecule has 0 radical (unpaired) electrons. The third-order valence-corrected chi connectivity index (χ3v) is 5.10. The number of ether oxygens (including phenoxy) is 1. The van der Waals surface area contributed by atoms with Crippen LogP contribution in [0.1, 0.15) is 129 Å². The maximum absolute atomic E-state index is 11.7. The summed E-state index contributed by atoms with van der Waals surface area (Å²) >= 11 is 0. The van der Waals surface area contributed by atoms with Gasteiger partial charge in [-0.15, -0.1) is 0 Å². The largest absolute Gasteiger partial charge is 0.481 e. The lowest BCUT2D eigenvalue weighted by Gasteiger charge is -2.17. The van der Waals surface area contributed by atoms with Crippen molar-refractivity contribution < 1.29 is 19.4 Å². The van der Waals surface area contributed by atoms with Crippen LogP contribution < -0.4 is 0 Å². The van der Waals surface area contributed by atoms with Crippen molar-refractivity contribution in [2.24, 2.45) is 0 Å². The average molecular weight is 385 g/mol. The molecule has 0 saturated heterocycles. The summed E-state index contributed by atoms with van der Waals surface area (Å²) in [5.41, 5.74) is 0. The third kappa shape index (κ3) is 19.5. The number of hydrogen-bond donors (Lipinski definition) is 1. The highest BCUT2D eigenvalue weighted by Crippen LogP contribution is 2.17. The predicted octanol–water partition coefficient (Wildman–Crippen LogP) is 7.04. The fourth-order valence-electron chi connectivity index (χ4n) is 3.45. The van der Waals surface area contributed by atoms with Crippen LogP contribution in [0.4, 0.5) is 0 Å². The van der Waals surface area contributed by atoms with E-state index in [1.165, 1.54) is 83.5 Å². The van der Waals surface area contributed by atoms with Gasteiger partial charge >= 0.3 is 11.9 Å². The Balaban J connectivity index is 3.95. The van der Waals surface area contributed by atoms with Gasteiger partial charge in [-0.05, 0) is 25.7 Å². The number of unbranched alkanes of at least 4 members (excludes halogenated alkanes) is 13. The van der Waals surface area contributed by atoms with E-state index in [1.807, 2.05) is 0 Å². The second-order valence-electron chi connectivity index (χ2n) is 7.86. The minimum absolute atomic E-state index is 0.104. The van der Waals surface area contributed by atoms with Crippen molar-refractivity contribution >= 4 is 11.9 Å². The van der Waals surface area contributed by atoms with Crippen molar-refractivity contribution in [3.8, 4) is 0 Å². The van der Waals surface area contributed by atoms with Gasteiger partial charge in [0.15, 0.2) is 0 Å². The maximum atomic E-state index is 11.7. The summed E-state index contributed by atoms with van der Waals surface area (Å²) in [6, 6.07) is 0. The molecule has 0 fully saturated rings. The molecule has 0 aliphatic carbocycles. The molecule has 4 nitrogen and oxygen atoms in total.